The number of ketones is 2. The fraction of sp³-hybridized carbons (Fsp3) is 0.878. The Balaban J connectivity index is 0.888. The smallest absolute Gasteiger partial charge is 0.377 e. The third-order valence-electron chi connectivity index (χ3n) is 16.5. The Labute approximate surface area is 308 Å². The Morgan fingerprint density at radius 2 is 1.19 bits per heavy atom. The highest BCUT2D eigenvalue weighted by Gasteiger charge is 2.73. The van der Waals surface area contributed by atoms with Crippen molar-refractivity contribution < 1.29 is 56.4 Å². The van der Waals surface area contributed by atoms with Crippen molar-refractivity contribution in [2.45, 2.75) is 127 Å². The van der Waals surface area contributed by atoms with Crippen LogP contribution in [0.5, 0.6) is 0 Å². The van der Waals surface area contributed by atoms with E-state index in [1.807, 2.05) is 6.92 Å². The van der Waals surface area contributed by atoms with Crippen LogP contribution in [0.15, 0.2) is 0 Å². The fourth-order valence-electron chi connectivity index (χ4n) is 14.9. The number of esters is 3. The summed E-state index contributed by atoms with van der Waals surface area (Å²) in [7, 11) is 0. The second-order valence-electron chi connectivity index (χ2n) is 20.6. The molecule has 13 aliphatic rings. The van der Waals surface area contributed by atoms with Gasteiger partial charge in [-0.3, -0.25) is 19.2 Å². The molecule has 0 aromatic rings. The van der Waals surface area contributed by atoms with Gasteiger partial charge >= 0.3 is 23.8 Å². The summed E-state index contributed by atoms with van der Waals surface area (Å²) in [6.07, 6.45) is 9.69. The molecule has 12 saturated carbocycles. The molecule has 12 heteroatoms. The zero-order valence-electron chi connectivity index (χ0n) is 30.9. The Kier molecular flexibility index (Phi) is 7.32. The molecule has 1 heterocycles. The van der Waals surface area contributed by atoms with Crippen LogP contribution in [0.4, 0.5) is 8.78 Å². The first-order valence-corrected chi connectivity index (χ1v) is 20.3. The minimum Gasteiger partial charge on any atom is -0.464 e. The molecular weight excluding hydrogens is 690 g/mol. The number of alkyl halides is 2. The second kappa shape index (κ2) is 11.1. The van der Waals surface area contributed by atoms with Gasteiger partial charge in [0.05, 0.1) is 29.5 Å². The van der Waals surface area contributed by atoms with E-state index in [4.69, 9.17) is 23.7 Å². The molecule has 0 amide bonds. The van der Waals surface area contributed by atoms with Crippen molar-refractivity contribution in [3.8, 4) is 0 Å². The van der Waals surface area contributed by atoms with Crippen molar-refractivity contribution in [3.05, 3.63) is 0 Å². The number of carbonyl (C=O) groups is 5. The van der Waals surface area contributed by atoms with E-state index >= 15 is 0 Å². The summed E-state index contributed by atoms with van der Waals surface area (Å²) in [4.78, 5) is 66.3. The van der Waals surface area contributed by atoms with Gasteiger partial charge in [-0.05, 0) is 114 Å². The van der Waals surface area contributed by atoms with Crippen LogP contribution < -0.4 is 0 Å². The Morgan fingerprint density at radius 3 is 1.64 bits per heavy atom. The van der Waals surface area contributed by atoms with Crippen molar-refractivity contribution in [2.24, 2.45) is 69.0 Å². The van der Waals surface area contributed by atoms with Crippen LogP contribution in [0, 0.1) is 69.0 Å². The normalized spacial score (nSPS) is 51.2. The fourth-order valence-corrected chi connectivity index (χ4v) is 14.9. The summed E-state index contributed by atoms with van der Waals surface area (Å²) in [6.45, 7) is 2.61. The lowest BCUT2D eigenvalue weighted by Gasteiger charge is -2.69. The molecule has 290 valence electrons. The van der Waals surface area contributed by atoms with Crippen molar-refractivity contribution in [1.29, 1.82) is 0 Å². The summed E-state index contributed by atoms with van der Waals surface area (Å²) in [6, 6.07) is 0. The summed E-state index contributed by atoms with van der Waals surface area (Å²) in [5.41, 5.74) is -4.00. The minimum atomic E-state index is -3.59. The molecule has 12 bridgehead atoms. The molecule has 53 heavy (non-hydrogen) atoms. The first kappa shape index (κ1) is 35.0. The maximum atomic E-state index is 14.1. The quantitative estimate of drug-likeness (QED) is 0.224. The van der Waals surface area contributed by atoms with Gasteiger partial charge in [0.15, 0.2) is 5.79 Å². The zero-order chi connectivity index (χ0) is 37.0. The van der Waals surface area contributed by atoms with E-state index in [1.54, 1.807) is 0 Å². The van der Waals surface area contributed by atoms with Gasteiger partial charge < -0.3 is 23.7 Å². The highest BCUT2D eigenvalue weighted by atomic mass is 19.3. The maximum absolute atomic E-state index is 14.1. The molecule has 1 saturated heterocycles. The number of carbonyl (C=O) groups excluding carboxylic acids is 5. The number of rotatable bonds is 8. The van der Waals surface area contributed by atoms with Crippen LogP contribution in [-0.2, 0) is 47.7 Å². The average Bonchev–Trinajstić information content (AvgIpc) is 3.08. The molecular formula is C41H52F2O10. The topological polar surface area (TPSA) is 132 Å². The van der Waals surface area contributed by atoms with Crippen LogP contribution in [0.25, 0.3) is 0 Å². The molecule has 8 unspecified atom stereocenters. The third-order valence-corrected chi connectivity index (χ3v) is 16.5. The molecule has 13 fully saturated rings. The SMILES string of the molecule is CC(F)(F)C(=O)OC12CC3CC(C1)C1(OCC(COC(=O)C45CC6CC(C4)C(=O)C(C6)C5)(COC(=O)C45CC6CC(C4)C(=O)C(C6)C5)CO1)C(C)(C3)C2. The molecule has 13 rings (SSSR count). The number of hydrogen-bond donors (Lipinski definition) is 0. The molecule has 1 spiro atoms. The molecule has 1 aliphatic heterocycles. The monoisotopic (exact) mass is 742 g/mol. The van der Waals surface area contributed by atoms with Gasteiger partial charge in [0, 0.05) is 41.9 Å². The lowest BCUT2D eigenvalue weighted by Crippen LogP contribution is -2.73. The van der Waals surface area contributed by atoms with Crippen LogP contribution in [0.2, 0.25) is 0 Å². The van der Waals surface area contributed by atoms with Gasteiger partial charge in [0.2, 0.25) is 0 Å². The van der Waals surface area contributed by atoms with Crippen LogP contribution >= 0.6 is 0 Å². The molecule has 0 aromatic carbocycles. The van der Waals surface area contributed by atoms with Crippen LogP contribution in [0.1, 0.15) is 110 Å². The molecule has 0 radical (unpaired) electrons. The van der Waals surface area contributed by atoms with E-state index < -0.39 is 44.9 Å². The third kappa shape index (κ3) is 5.07. The highest BCUT2D eigenvalue weighted by molar-refractivity contribution is 5.90. The highest BCUT2D eigenvalue weighted by Crippen LogP contribution is 2.69. The van der Waals surface area contributed by atoms with Crippen LogP contribution in [-0.4, -0.2) is 73.2 Å². The molecule has 12 aliphatic carbocycles. The average molecular weight is 743 g/mol. The van der Waals surface area contributed by atoms with Gasteiger partial charge in [-0.25, -0.2) is 4.79 Å². The predicted molar refractivity (Wildman–Crippen MR) is 179 cm³/mol. The first-order valence-electron chi connectivity index (χ1n) is 20.3. The number of hydrogen-bond acceptors (Lipinski definition) is 10. The van der Waals surface area contributed by atoms with Crippen LogP contribution in [0.3, 0.4) is 0 Å². The number of Topliss-reactive ketones (excluding diaryl/α,β-unsaturated/α-hetero) is 2. The molecule has 0 N–H and O–H groups in total. The van der Waals surface area contributed by atoms with Crippen molar-refractivity contribution in [2.75, 3.05) is 26.4 Å². The van der Waals surface area contributed by atoms with E-state index in [1.165, 1.54) is 0 Å². The van der Waals surface area contributed by atoms with Crippen molar-refractivity contribution >= 4 is 29.5 Å². The van der Waals surface area contributed by atoms with Gasteiger partial charge in [0.1, 0.15) is 30.4 Å². The second-order valence-corrected chi connectivity index (χ2v) is 20.6. The minimum absolute atomic E-state index is 0.0820. The van der Waals surface area contributed by atoms with Gasteiger partial charge in [-0.2, -0.15) is 8.78 Å². The van der Waals surface area contributed by atoms with Crippen molar-refractivity contribution in [3.63, 3.8) is 0 Å². The van der Waals surface area contributed by atoms with E-state index in [0.29, 0.717) is 75.3 Å². The molecule has 8 atom stereocenters. The van der Waals surface area contributed by atoms with E-state index in [0.717, 1.165) is 51.4 Å². The molecule has 0 aromatic heterocycles. The lowest BCUT2D eigenvalue weighted by atomic mass is 9.45. The van der Waals surface area contributed by atoms with E-state index in [2.05, 4.69) is 0 Å². The van der Waals surface area contributed by atoms with Crippen molar-refractivity contribution in [1.82, 2.24) is 0 Å². The summed E-state index contributed by atoms with van der Waals surface area (Å²) in [5.74, 6) is -5.82. The Hall–Kier alpha value is -2.47. The largest absolute Gasteiger partial charge is 0.464 e. The lowest BCUT2D eigenvalue weighted by molar-refractivity contribution is -0.422. The van der Waals surface area contributed by atoms with Gasteiger partial charge in [0.25, 0.3) is 0 Å². The summed E-state index contributed by atoms with van der Waals surface area (Å²) >= 11 is 0. The zero-order valence-corrected chi connectivity index (χ0v) is 30.9. The Morgan fingerprint density at radius 1 is 0.698 bits per heavy atom. The molecule has 10 nitrogen and oxygen atoms in total. The Bertz CT molecular complexity index is 1550. The standard InChI is InChI=1S/C41H52F2O10/c1-35-8-24-7-29(16-40(11-24,17-35)53-32(46)36(2,42)43)41(35)51-20-37(21-52-41,18-49-33(47)38-9-22-3-25(12-38)30(44)26(4-22)13-38)19-50-34(48)39-10-23-5-27(14-39)31(45)28(6-23)15-39/h22-29H,3-21H2,1-2H3. The number of halogens is 2. The first-order chi connectivity index (χ1) is 25.0. The van der Waals surface area contributed by atoms with Gasteiger partial charge in [-0.1, -0.05) is 6.92 Å². The summed E-state index contributed by atoms with van der Waals surface area (Å²) < 4.78 is 59.9. The number of ether oxygens (including phenoxy) is 5. The van der Waals surface area contributed by atoms with E-state index in [-0.39, 0.29) is 73.9 Å². The predicted octanol–water partition coefficient (Wildman–Crippen LogP) is 5.76. The maximum Gasteiger partial charge on any atom is 0.377 e. The summed E-state index contributed by atoms with van der Waals surface area (Å²) in [5, 5.41) is 0. The van der Waals surface area contributed by atoms with E-state index in [9.17, 15) is 32.8 Å². The van der Waals surface area contributed by atoms with Gasteiger partial charge in [-0.15, -0.1) is 0 Å².